The van der Waals surface area contributed by atoms with Gasteiger partial charge in [-0.05, 0) is 38.8 Å². The van der Waals surface area contributed by atoms with E-state index in [1.807, 2.05) is 13.8 Å². The van der Waals surface area contributed by atoms with Crippen molar-refractivity contribution in [3.63, 3.8) is 0 Å². The van der Waals surface area contributed by atoms with Gasteiger partial charge in [-0.15, -0.1) is 0 Å². The number of ether oxygens (including phenoxy) is 1. The van der Waals surface area contributed by atoms with E-state index in [1.54, 1.807) is 6.07 Å². The van der Waals surface area contributed by atoms with Crippen molar-refractivity contribution in [2.75, 3.05) is 6.54 Å². The molecule has 0 N–H and O–H groups in total. The van der Waals surface area contributed by atoms with Crippen LogP contribution in [0.4, 0.5) is 13.2 Å². The highest BCUT2D eigenvalue weighted by molar-refractivity contribution is 7.88. The minimum Gasteiger partial charge on any atom is -0.475 e. The number of benzene rings is 1. The summed E-state index contributed by atoms with van der Waals surface area (Å²) in [5.74, 6) is 0.0211. The Hall–Kier alpha value is -1.48. The van der Waals surface area contributed by atoms with Crippen LogP contribution in [0.1, 0.15) is 39.2 Å². The summed E-state index contributed by atoms with van der Waals surface area (Å²) in [6, 6.07) is 4.48. The number of alkyl halides is 3. The van der Waals surface area contributed by atoms with Gasteiger partial charge in [-0.2, -0.15) is 21.6 Å². The van der Waals surface area contributed by atoms with Crippen LogP contribution in [0.5, 0.6) is 11.5 Å². The van der Waals surface area contributed by atoms with Crippen molar-refractivity contribution in [3.8, 4) is 11.5 Å². The van der Waals surface area contributed by atoms with E-state index in [1.165, 1.54) is 12.1 Å². The molecule has 0 saturated heterocycles. The molecule has 1 aliphatic rings. The van der Waals surface area contributed by atoms with Gasteiger partial charge < -0.3 is 8.92 Å². The highest BCUT2D eigenvalue weighted by Crippen LogP contribution is 2.38. The maximum atomic E-state index is 12.5. The average molecular weight is 381 g/mol. The molecule has 1 aliphatic heterocycles. The standard InChI is InChI=1S/C16H22F3NO4S/c1-4-10-20(11(2)3)15-9-8-12-13(23-15)6-5-7-14(12)24-25(21,22)16(17,18)19/h5-7,11,15H,4,8-10H2,1-3H3. The van der Waals surface area contributed by atoms with Crippen molar-refractivity contribution in [3.05, 3.63) is 23.8 Å². The maximum absolute atomic E-state index is 12.5. The first kappa shape index (κ1) is 19.8. The lowest BCUT2D eigenvalue weighted by atomic mass is 10.0. The summed E-state index contributed by atoms with van der Waals surface area (Å²) in [7, 11) is -5.70. The van der Waals surface area contributed by atoms with E-state index >= 15 is 0 Å². The summed E-state index contributed by atoms with van der Waals surface area (Å²) < 4.78 is 70.4. The number of hydrogen-bond donors (Lipinski definition) is 0. The lowest BCUT2D eigenvalue weighted by Crippen LogP contribution is -2.46. The molecule has 0 amide bonds. The number of hydrogen-bond acceptors (Lipinski definition) is 5. The zero-order valence-corrected chi connectivity index (χ0v) is 15.2. The Balaban J connectivity index is 2.26. The summed E-state index contributed by atoms with van der Waals surface area (Å²) >= 11 is 0. The molecule has 1 aromatic carbocycles. The van der Waals surface area contributed by atoms with Crippen LogP contribution in [0.3, 0.4) is 0 Å². The van der Waals surface area contributed by atoms with Crippen molar-refractivity contribution in [1.29, 1.82) is 0 Å². The lowest BCUT2D eigenvalue weighted by Gasteiger charge is -2.37. The summed E-state index contributed by atoms with van der Waals surface area (Å²) in [5, 5.41) is 0. The van der Waals surface area contributed by atoms with Gasteiger partial charge >= 0.3 is 15.6 Å². The van der Waals surface area contributed by atoms with Crippen LogP contribution in [-0.4, -0.2) is 37.6 Å². The van der Waals surface area contributed by atoms with Crippen molar-refractivity contribution >= 4 is 10.1 Å². The van der Waals surface area contributed by atoms with Gasteiger partial charge in [0, 0.05) is 24.6 Å². The first-order chi connectivity index (χ1) is 11.6. The predicted molar refractivity (Wildman–Crippen MR) is 86.9 cm³/mol. The Morgan fingerprint density at radius 3 is 2.60 bits per heavy atom. The Kier molecular flexibility index (Phi) is 5.88. The van der Waals surface area contributed by atoms with E-state index in [-0.39, 0.29) is 18.0 Å². The first-order valence-electron chi connectivity index (χ1n) is 8.12. The van der Waals surface area contributed by atoms with E-state index in [9.17, 15) is 21.6 Å². The van der Waals surface area contributed by atoms with Gasteiger partial charge in [0.2, 0.25) is 0 Å². The van der Waals surface area contributed by atoms with Gasteiger partial charge in [-0.3, -0.25) is 4.90 Å². The molecule has 1 unspecified atom stereocenters. The molecule has 25 heavy (non-hydrogen) atoms. The van der Waals surface area contributed by atoms with E-state index in [4.69, 9.17) is 4.74 Å². The summed E-state index contributed by atoms with van der Waals surface area (Å²) in [6.07, 6.45) is 1.65. The molecule has 0 fully saturated rings. The van der Waals surface area contributed by atoms with Gasteiger partial charge in [0.25, 0.3) is 0 Å². The Morgan fingerprint density at radius 1 is 1.36 bits per heavy atom. The molecule has 0 aromatic heterocycles. The van der Waals surface area contributed by atoms with Gasteiger partial charge in [0.15, 0.2) is 6.23 Å². The molecule has 0 radical (unpaired) electrons. The van der Waals surface area contributed by atoms with Gasteiger partial charge in [0.1, 0.15) is 11.5 Å². The van der Waals surface area contributed by atoms with Gasteiger partial charge in [-0.1, -0.05) is 13.0 Å². The number of nitrogens with zero attached hydrogens (tertiary/aromatic N) is 1. The third-order valence-electron chi connectivity index (χ3n) is 3.99. The molecular formula is C16H22F3NO4S. The molecule has 9 heteroatoms. The molecule has 1 heterocycles. The second-order valence-corrected chi connectivity index (χ2v) is 7.70. The van der Waals surface area contributed by atoms with Crippen LogP contribution in [0.25, 0.3) is 0 Å². The average Bonchev–Trinajstić information content (AvgIpc) is 2.50. The topological polar surface area (TPSA) is 55.8 Å². The fourth-order valence-corrected chi connectivity index (χ4v) is 3.33. The Morgan fingerprint density at radius 2 is 2.04 bits per heavy atom. The molecule has 0 aliphatic carbocycles. The molecule has 142 valence electrons. The fraction of sp³-hybridized carbons (Fsp3) is 0.625. The Bertz CT molecular complexity index is 704. The SMILES string of the molecule is CCCN(C(C)C)C1CCc2c(cccc2OS(=O)(=O)C(F)(F)F)O1. The summed E-state index contributed by atoms with van der Waals surface area (Å²) in [5.41, 5.74) is -5.13. The number of fused-ring (bicyclic) bond motifs is 1. The molecule has 0 saturated carbocycles. The fourth-order valence-electron chi connectivity index (χ4n) is 2.85. The second kappa shape index (κ2) is 7.41. The van der Waals surface area contributed by atoms with Crippen LogP contribution in [0, 0.1) is 0 Å². The predicted octanol–water partition coefficient (Wildman–Crippen LogP) is 3.69. The molecule has 0 bridgehead atoms. The highest BCUT2D eigenvalue weighted by Gasteiger charge is 2.49. The summed E-state index contributed by atoms with van der Waals surface area (Å²) in [6.45, 7) is 6.98. The Labute approximate surface area is 145 Å². The van der Waals surface area contributed by atoms with Crippen LogP contribution in [-0.2, 0) is 16.5 Å². The second-order valence-electron chi connectivity index (χ2n) is 6.16. The smallest absolute Gasteiger partial charge is 0.475 e. The number of rotatable bonds is 6. The molecule has 2 rings (SSSR count). The van der Waals surface area contributed by atoms with Gasteiger partial charge in [-0.25, -0.2) is 0 Å². The normalized spacial score (nSPS) is 18.2. The van der Waals surface area contributed by atoms with Crippen LogP contribution in [0.15, 0.2) is 18.2 Å². The van der Waals surface area contributed by atoms with Crippen LogP contribution >= 0.6 is 0 Å². The third-order valence-corrected chi connectivity index (χ3v) is 4.96. The molecule has 1 aromatic rings. The van der Waals surface area contributed by atoms with Gasteiger partial charge in [0.05, 0.1) is 0 Å². The summed E-state index contributed by atoms with van der Waals surface area (Å²) in [4.78, 5) is 2.17. The monoisotopic (exact) mass is 381 g/mol. The van der Waals surface area contributed by atoms with Crippen molar-refractivity contribution in [1.82, 2.24) is 4.90 Å². The van der Waals surface area contributed by atoms with Crippen LogP contribution in [0.2, 0.25) is 0 Å². The molecule has 5 nitrogen and oxygen atoms in total. The third kappa shape index (κ3) is 4.38. The maximum Gasteiger partial charge on any atom is 0.534 e. The largest absolute Gasteiger partial charge is 0.534 e. The van der Waals surface area contributed by atoms with Crippen molar-refractivity contribution in [2.24, 2.45) is 0 Å². The van der Waals surface area contributed by atoms with Crippen molar-refractivity contribution in [2.45, 2.75) is 57.8 Å². The van der Waals surface area contributed by atoms with Crippen LogP contribution < -0.4 is 8.92 Å². The lowest BCUT2D eigenvalue weighted by molar-refractivity contribution is -0.0501. The van der Waals surface area contributed by atoms with E-state index in [0.717, 1.165) is 13.0 Å². The quantitative estimate of drug-likeness (QED) is 0.556. The minimum absolute atomic E-state index is 0.207. The molecular weight excluding hydrogens is 359 g/mol. The zero-order chi connectivity index (χ0) is 18.8. The number of halogens is 3. The van der Waals surface area contributed by atoms with Crippen molar-refractivity contribution < 1.29 is 30.5 Å². The zero-order valence-electron chi connectivity index (χ0n) is 14.3. The van der Waals surface area contributed by atoms with E-state index < -0.39 is 15.6 Å². The van der Waals surface area contributed by atoms with E-state index in [2.05, 4.69) is 16.0 Å². The highest BCUT2D eigenvalue weighted by atomic mass is 32.2. The van der Waals surface area contributed by atoms with E-state index in [0.29, 0.717) is 24.2 Å². The molecule has 0 spiro atoms. The molecule has 1 atom stereocenters. The minimum atomic E-state index is -5.70. The first-order valence-corrected chi connectivity index (χ1v) is 9.52.